The highest BCUT2D eigenvalue weighted by Crippen LogP contribution is 2.17. The van der Waals surface area contributed by atoms with Crippen molar-refractivity contribution in [2.45, 2.75) is 19.8 Å². The number of anilines is 2. The molecule has 0 saturated carbocycles. The summed E-state index contributed by atoms with van der Waals surface area (Å²) in [5.41, 5.74) is 6.60. The van der Waals surface area contributed by atoms with Crippen LogP contribution in [0.5, 0.6) is 0 Å². The first-order chi connectivity index (χ1) is 9.04. The molecule has 5 N–H and O–H groups in total. The first-order valence-corrected chi connectivity index (χ1v) is 6.18. The zero-order chi connectivity index (χ0) is 14.3. The van der Waals surface area contributed by atoms with E-state index in [9.17, 15) is 9.59 Å². The predicted molar refractivity (Wildman–Crippen MR) is 74.2 cm³/mol. The van der Waals surface area contributed by atoms with Gasteiger partial charge in [0.2, 0.25) is 5.91 Å². The monoisotopic (exact) mass is 265 g/mol. The molecule has 1 amide bonds. The van der Waals surface area contributed by atoms with Crippen LogP contribution in [-0.2, 0) is 4.79 Å². The van der Waals surface area contributed by atoms with Crippen molar-refractivity contribution < 1.29 is 14.7 Å². The van der Waals surface area contributed by atoms with E-state index in [1.54, 1.807) is 12.1 Å². The highest BCUT2D eigenvalue weighted by molar-refractivity contribution is 5.94. The van der Waals surface area contributed by atoms with Gasteiger partial charge in [0.1, 0.15) is 0 Å². The minimum atomic E-state index is -1.05. The first kappa shape index (κ1) is 14.8. The molecule has 0 atom stereocenters. The summed E-state index contributed by atoms with van der Waals surface area (Å²) >= 11 is 0. The van der Waals surface area contributed by atoms with Crippen LogP contribution < -0.4 is 16.4 Å². The number of nitrogen functional groups attached to an aromatic ring is 1. The van der Waals surface area contributed by atoms with Gasteiger partial charge in [-0.3, -0.25) is 4.79 Å². The summed E-state index contributed by atoms with van der Waals surface area (Å²) < 4.78 is 0. The summed E-state index contributed by atoms with van der Waals surface area (Å²) in [5.74, 6) is -1.06. The summed E-state index contributed by atoms with van der Waals surface area (Å²) in [5, 5.41) is 14.6. The van der Waals surface area contributed by atoms with Gasteiger partial charge in [0.05, 0.1) is 5.56 Å². The van der Waals surface area contributed by atoms with Crippen LogP contribution in [0.3, 0.4) is 0 Å². The predicted octanol–water partition coefficient (Wildman–Crippen LogP) is 1.30. The number of carbonyl (C=O) groups is 2. The van der Waals surface area contributed by atoms with Gasteiger partial charge in [-0.1, -0.05) is 6.92 Å². The van der Waals surface area contributed by atoms with Gasteiger partial charge in [0, 0.05) is 30.9 Å². The maximum absolute atomic E-state index is 11.3. The van der Waals surface area contributed by atoms with Gasteiger partial charge in [-0.25, -0.2) is 4.79 Å². The third-order valence-electron chi connectivity index (χ3n) is 2.54. The molecule has 1 aromatic carbocycles. The van der Waals surface area contributed by atoms with Crippen molar-refractivity contribution in [1.29, 1.82) is 0 Å². The molecule has 0 fully saturated rings. The fraction of sp³-hybridized carbons (Fsp3) is 0.385. The van der Waals surface area contributed by atoms with Gasteiger partial charge in [0.25, 0.3) is 0 Å². The maximum Gasteiger partial charge on any atom is 0.337 e. The third-order valence-corrected chi connectivity index (χ3v) is 2.54. The molecule has 6 heteroatoms. The van der Waals surface area contributed by atoms with E-state index < -0.39 is 5.97 Å². The van der Waals surface area contributed by atoms with Crippen molar-refractivity contribution in [3.8, 4) is 0 Å². The van der Waals surface area contributed by atoms with Crippen LogP contribution in [0, 0.1) is 0 Å². The first-order valence-electron chi connectivity index (χ1n) is 6.18. The van der Waals surface area contributed by atoms with Crippen LogP contribution in [0.4, 0.5) is 11.4 Å². The lowest BCUT2D eigenvalue weighted by atomic mass is 10.1. The zero-order valence-corrected chi connectivity index (χ0v) is 10.9. The fourth-order valence-electron chi connectivity index (χ4n) is 1.54. The van der Waals surface area contributed by atoms with Gasteiger partial charge in [-0.2, -0.15) is 0 Å². The number of carboxylic acids is 1. The molecule has 0 heterocycles. The molecule has 0 aromatic heterocycles. The molecular weight excluding hydrogens is 246 g/mol. The summed E-state index contributed by atoms with van der Waals surface area (Å²) in [6, 6.07) is 4.62. The van der Waals surface area contributed by atoms with E-state index in [0.29, 0.717) is 25.2 Å². The quantitative estimate of drug-likeness (QED) is 0.556. The third kappa shape index (κ3) is 4.87. The Morgan fingerprint density at radius 2 is 2.05 bits per heavy atom. The number of amides is 1. The van der Waals surface area contributed by atoms with Crippen LogP contribution >= 0.6 is 0 Å². The van der Waals surface area contributed by atoms with Gasteiger partial charge in [-0.05, 0) is 24.6 Å². The number of nitrogens with two attached hydrogens (primary N) is 1. The number of hydrogen-bond donors (Lipinski definition) is 4. The van der Waals surface area contributed by atoms with Crippen molar-refractivity contribution in [3.63, 3.8) is 0 Å². The van der Waals surface area contributed by atoms with E-state index in [1.807, 2.05) is 6.92 Å². The van der Waals surface area contributed by atoms with Crippen molar-refractivity contribution in [2.24, 2.45) is 0 Å². The molecule has 0 bridgehead atoms. The van der Waals surface area contributed by atoms with Crippen molar-refractivity contribution in [1.82, 2.24) is 5.32 Å². The van der Waals surface area contributed by atoms with Gasteiger partial charge in [0.15, 0.2) is 0 Å². The fourth-order valence-corrected chi connectivity index (χ4v) is 1.54. The molecule has 0 saturated heterocycles. The van der Waals surface area contributed by atoms with E-state index in [2.05, 4.69) is 10.6 Å². The molecule has 1 rings (SSSR count). The Morgan fingerprint density at radius 3 is 2.63 bits per heavy atom. The molecule has 104 valence electrons. The Morgan fingerprint density at radius 1 is 1.32 bits per heavy atom. The number of aromatic carboxylic acids is 1. The lowest BCUT2D eigenvalue weighted by Crippen LogP contribution is -2.25. The highest BCUT2D eigenvalue weighted by atomic mass is 16.4. The van der Waals surface area contributed by atoms with Crippen molar-refractivity contribution in [3.05, 3.63) is 23.8 Å². The van der Waals surface area contributed by atoms with E-state index in [4.69, 9.17) is 10.8 Å². The molecule has 0 aliphatic carbocycles. The van der Waals surface area contributed by atoms with Crippen molar-refractivity contribution in [2.75, 3.05) is 24.1 Å². The minimum absolute atomic E-state index is 0.00974. The largest absolute Gasteiger partial charge is 0.478 e. The second-order valence-electron chi connectivity index (χ2n) is 4.13. The molecule has 0 aliphatic rings. The summed E-state index contributed by atoms with van der Waals surface area (Å²) in [7, 11) is 0. The zero-order valence-electron chi connectivity index (χ0n) is 10.9. The van der Waals surface area contributed by atoms with Crippen molar-refractivity contribution >= 4 is 23.3 Å². The molecular formula is C13H19N3O3. The molecule has 19 heavy (non-hydrogen) atoms. The topological polar surface area (TPSA) is 104 Å². The van der Waals surface area contributed by atoms with Crippen LogP contribution in [0.15, 0.2) is 18.2 Å². The average Bonchev–Trinajstić information content (AvgIpc) is 2.36. The van der Waals surface area contributed by atoms with Gasteiger partial charge in [-0.15, -0.1) is 0 Å². The van der Waals surface area contributed by atoms with Gasteiger partial charge >= 0.3 is 5.97 Å². The second-order valence-corrected chi connectivity index (χ2v) is 4.13. The van der Waals surface area contributed by atoms with E-state index >= 15 is 0 Å². The number of benzene rings is 1. The number of nitrogens with one attached hydrogen (secondary N) is 2. The number of rotatable bonds is 7. The van der Waals surface area contributed by atoms with E-state index in [-0.39, 0.29) is 17.2 Å². The molecule has 0 spiro atoms. The number of carboxylic acid groups (broad SMARTS) is 1. The van der Waals surface area contributed by atoms with Gasteiger partial charge < -0.3 is 21.5 Å². The van der Waals surface area contributed by atoms with Crippen LogP contribution in [0.2, 0.25) is 0 Å². The second kappa shape index (κ2) is 7.25. The smallest absolute Gasteiger partial charge is 0.337 e. The maximum atomic E-state index is 11.3. The molecule has 0 radical (unpaired) electrons. The Labute approximate surface area is 112 Å². The Balaban J connectivity index is 2.44. The Hall–Kier alpha value is -2.24. The van der Waals surface area contributed by atoms with E-state index in [0.717, 1.165) is 6.42 Å². The average molecular weight is 265 g/mol. The van der Waals surface area contributed by atoms with E-state index in [1.165, 1.54) is 6.07 Å². The number of carbonyl (C=O) groups excluding carboxylic acids is 1. The van der Waals surface area contributed by atoms with Crippen LogP contribution in [0.25, 0.3) is 0 Å². The molecule has 1 aromatic rings. The highest BCUT2D eigenvalue weighted by Gasteiger charge is 2.07. The minimum Gasteiger partial charge on any atom is -0.478 e. The van der Waals surface area contributed by atoms with Crippen LogP contribution in [-0.4, -0.2) is 30.1 Å². The molecule has 6 nitrogen and oxygen atoms in total. The normalized spacial score (nSPS) is 9.95. The SMILES string of the molecule is CCCNC(=O)CCNc1ccc(C(=O)O)c(N)c1. The summed E-state index contributed by atoms with van der Waals surface area (Å²) in [6.07, 6.45) is 1.27. The lowest BCUT2D eigenvalue weighted by Gasteiger charge is -2.08. The Kier molecular flexibility index (Phi) is 5.66. The molecule has 0 unspecified atom stereocenters. The lowest BCUT2D eigenvalue weighted by molar-refractivity contribution is -0.120. The molecule has 0 aliphatic heterocycles. The summed E-state index contributed by atoms with van der Waals surface area (Å²) in [6.45, 7) is 3.14. The standard InChI is InChI=1S/C13H19N3O3/c1-2-6-16-12(17)5-7-15-9-3-4-10(13(18)19)11(14)8-9/h3-4,8,15H,2,5-7,14H2,1H3,(H,16,17)(H,18,19). The number of hydrogen-bond acceptors (Lipinski definition) is 4. The Bertz CT molecular complexity index is 460. The summed E-state index contributed by atoms with van der Waals surface area (Å²) in [4.78, 5) is 22.1. The van der Waals surface area contributed by atoms with Crippen LogP contribution in [0.1, 0.15) is 30.1 Å².